The van der Waals surface area contributed by atoms with E-state index in [-0.39, 0.29) is 18.4 Å². The molecule has 20 heavy (non-hydrogen) atoms. The highest BCUT2D eigenvalue weighted by Crippen LogP contribution is 2.24. The summed E-state index contributed by atoms with van der Waals surface area (Å²) in [7, 11) is 0. The van der Waals surface area contributed by atoms with Gasteiger partial charge in [0.1, 0.15) is 0 Å². The summed E-state index contributed by atoms with van der Waals surface area (Å²) in [6, 6.07) is 0. The van der Waals surface area contributed by atoms with Crippen LogP contribution >= 0.6 is 0 Å². The van der Waals surface area contributed by atoms with Crippen molar-refractivity contribution >= 4 is 11.8 Å². The fraction of sp³-hybridized carbons (Fsp3) is 0.867. The molecule has 2 aliphatic rings. The molecule has 2 rings (SSSR count). The molecule has 2 amide bonds. The van der Waals surface area contributed by atoms with Crippen LogP contribution in [0.25, 0.3) is 0 Å². The second-order valence-corrected chi connectivity index (χ2v) is 5.99. The Bertz CT molecular complexity index is 345. The zero-order valence-corrected chi connectivity index (χ0v) is 12.5. The number of likely N-dealkylation sites (tertiary alicyclic amines) is 1. The number of hydrogen-bond donors (Lipinski definition) is 2. The van der Waals surface area contributed by atoms with Gasteiger partial charge in [0.05, 0.1) is 12.1 Å². The van der Waals surface area contributed by atoms with Crippen molar-refractivity contribution < 1.29 is 9.59 Å². The number of carbonyl (C=O) groups is 2. The van der Waals surface area contributed by atoms with E-state index in [1.807, 2.05) is 4.90 Å². The van der Waals surface area contributed by atoms with Crippen molar-refractivity contribution in [2.75, 3.05) is 26.2 Å². The van der Waals surface area contributed by atoms with Gasteiger partial charge in [-0.15, -0.1) is 0 Å². The van der Waals surface area contributed by atoms with Crippen molar-refractivity contribution in [3.05, 3.63) is 0 Å². The summed E-state index contributed by atoms with van der Waals surface area (Å²) in [5.74, 6) is 0.0601. The van der Waals surface area contributed by atoms with E-state index in [0.717, 1.165) is 58.2 Å². The van der Waals surface area contributed by atoms with Gasteiger partial charge in [0.15, 0.2) is 0 Å². The van der Waals surface area contributed by atoms with Crippen molar-refractivity contribution in [3.8, 4) is 0 Å². The predicted molar refractivity (Wildman–Crippen MR) is 78.3 cm³/mol. The van der Waals surface area contributed by atoms with Crippen LogP contribution in [0.5, 0.6) is 0 Å². The van der Waals surface area contributed by atoms with E-state index in [1.165, 1.54) is 6.42 Å². The van der Waals surface area contributed by atoms with Crippen molar-refractivity contribution in [1.82, 2.24) is 15.5 Å². The third kappa shape index (κ3) is 3.51. The lowest BCUT2D eigenvalue weighted by Gasteiger charge is -2.30. The molecule has 0 aromatic heterocycles. The summed E-state index contributed by atoms with van der Waals surface area (Å²) in [5.41, 5.74) is -0.434. The number of carbonyl (C=O) groups excluding carboxylic acids is 2. The number of hydrogen-bond acceptors (Lipinski definition) is 3. The molecule has 0 saturated carbocycles. The van der Waals surface area contributed by atoms with E-state index in [0.29, 0.717) is 0 Å². The average Bonchev–Trinajstić information content (AvgIpc) is 2.95. The molecule has 0 radical (unpaired) electrons. The van der Waals surface area contributed by atoms with Gasteiger partial charge in [-0.2, -0.15) is 0 Å². The first-order valence-corrected chi connectivity index (χ1v) is 7.99. The van der Waals surface area contributed by atoms with Crippen LogP contribution in [0.3, 0.4) is 0 Å². The maximum absolute atomic E-state index is 12.4. The Hall–Kier alpha value is -1.10. The van der Waals surface area contributed by atoms with Crippen LogP contribution in [-0.2, 0) is 9.59 Å². The number of nitrogens with one attached hydrogen (secondary N) is 2. The first-order valence-electron chi connectivity index (χ1n) is 7.99. The highest BCUT2D eigenvalue weighted by molar-refractivity contribution is 5.90. The molecule has 2 fully saturated rings. The quantitative estimate of drug-likeness (QED) is 0.791. The summed E-state index contributed by atoms with van der Waals surface area (Å²) in [5, 5.41) is 6.19. The second-order valence-electron chi connectivity index (χ2n) is 5.99. The van der Waals surface area contributed by atoms with Crippen LogP contribution in [0.15, 0.2) is 0 Å². The molecule has 2 heterocycles. The van der Waals surface area contributed by atoms with E-state index in [2.05, 4.69) is 17.6 Å². The fourth-order valence-corrected chi connectivity index (χ4v) is 3.33. The highest BCUT2D eigenvalue weighted by Gasteiger charge is 2.39. The van der Waals surface area contributed by atoms with Gasteiger partial charge in [0.2, 0.25) is 11.8 Å². The van der Waals surface area contributed by atoms with E-state index < -0.39 is 5.54 Å². The summed E-state index contributed by atoms with van der Waals surface area (Å²) in [4.78, 5) is 26.3. The molecule has 5 heteroatoms. The standard InChI is InChI=1S/C15H27N3O2/c1-2-7-15(8-6-9-17-15)14(20)16-12-13(19)18-10-4-3-5-11-18/h17H,2-12H2,1H3,(H,16,20). The summed E-state index contributed by atoms with van der Waals surface area (Å²) in [6.45, 7) is 4.81. The van der Waals surface area contributed by atoms with Crippen LogP contribution < -0.4 is 10.6 Å². The first-order chi connectivity index (χ1) is 9.68. The lowest BCUT2D eigenvalue weighted by atomic mass is 9.91. The van der Waals surface area contributed by atoms with Gasteiger partial charge in [0.25, 0.3) is 0 Å². The molecule has 0 aliphatic carbocycles. The van der Waals surface area contributed by atoms with Crippen LogP contribution in [0.1, 0.15) is 51.9 Å². The monoisotopic (exact) mass is 281 g/mol. The Morgan fingerprint density at radius 1 is 1.20 bits per heavy atom. The lowest BCUT2D eigenvalue weighted by molar-refractivity contribution is -0.135. The summed E-state index contributed by atoms with van der Waals surface area (Å²) in [6.07, 6.45) is 7.11. The molecule has 1 atom stereocenters. The van der Waals surface area contributed by atoms with Gasteiger partial charge in [-0.1, -0.05) is 13.3 Å². The zero-order valence-electron chi connectivity index (χ0n) is 12.5. The van der Waals surface area contributed by atoms with Crippen LogP contribution in [0, 0.1) is 0 Å². The number of rotatable bonds is 5. The van der Waals surface area contributed by atoms with Crippen molar-refractivity contribution in [1.29, 1.82) is 0 Å². The first kappa shape index (κ1) is 15.3. The third-order valence-corrected chi connectivity index (χ3v) is 4.46. The van der Waals surface area contributed by atoms with E-state index >= 15 is 0 Å². The minimum Gasteiger partial charge on any atom is -0.345 e. The molecule has 2 N–H and O–H groups in total. The molecule has 2 aliphatic heterocycles. The topological polar surface area (TPSA) is 61.4 Å². The van der Waals surface area contributed by atoms with Crippen molar-refractivity contribution in [2.45, 2.75) is 57.4 Å². The average molecular weight is 281 g/mol. The fourth-order valence-electron chi connectivity index (χ4n) is 3.33. The Morgan fingerprint density at radius 3 is 2.55 bits per heavy atom. The Morgan fingerprint density at radius 2 is 1.95 bits per heavy atom. The Kier molecular flexibility index (Phi) is 5.40. The van der Waals surface area contributed by atoms with E-state index in [4.69, 9.17) is 0 Å². The molecule has 5 nitrogen and oxygen atoms in total. The molecular formula is C15H27N3O2. The Labute approximate surface area is 121 Å². The maximum Gasteiger partial charge on any atom is 0.241 e. The van der Waals surface area contributed by atoms with Gasteiger partial charge in [-0.3, -0.25) is 9.59 Å². The second kappa shape index (κ2) is 7.07. The molecule has 114 valence electrons. The number of piperidine rings is 1. The van der Waals surface area contributed by atoms with Crippen LogP contribution in [0.4, 0.5) is 0 Å². The highest BCUT2D eigenvalue weighted by atomic mass is 16.2. The zero-order chi connectivity index (χ0) is 14.4. The molecule has 0 bridgehead atoms. The SMILES string of the molecule is CCCC1(C(=O)NCC(=O)N2CCCCC2)CCCN1. The predicted octanol–water partition coefficient (Wildman–Crippen LogP) is 1.04. The van der Waals surface area contributed by atoms with Crippen molar-refractivity contribution in [2.24, 2.45) is 0 Å². The smallest absolute Gasteiger partial charge is 0.241 e. The molecule has 0 aromatic carbocycles. The minimum absolute atomic E-state index is 0.00205. The largest absolute Gasteiger partial charge is 0.345 e. The summed E-state index contributed by atoms with van der Waals surface area (Å²) >= 11 is 0. The minimum atomic E-state index is -0.434. The van der Waals surface area contributed by atoms with Crippen LogP contribution in [-0.4, -0.2) is 48.4 Å². The van der Waals surface area contributed by atoms with Gasteiger partial charge < -0.3 is 15.5 Å². The Balaban J connectivity index is 1.82. The molecule has 2 saturated heterocycles. The summed E-state index contributed by atoms with van der Waals surface area (Å²) < 4.78 is 0. The van der Waals surface area contributed by atoms with Crippen LogP contribution in [0.2, 0.25) is 0 Å². The molecule has 0 spiro atoms. The van der Waals surface area contributed by atoms with Gasteiger partial charge in [-0.05, 0) is 45.1 Å². The third-order valence-electron chi connectivity index (χ3n) is 4.46. The van der Waals surface area contributed by atoms with Gasteiger partial charge >= 0.3 is 0 Å². The van der Waals surface area contributed by atoms with E-state index in [9.17, 15) is 9.59 Å². The lowest BCUT2D eigenvalue weighted by Crippen LogP contribution is -2.55. The maximum atomic E-state index is 12.4. The number of nitrogens with zero attached hydrogens (tertiary/aromatic N) is 1. The van der Waals surface area contributed by atoms with Gasteiger partial charge in [-0.25, -0.2) is 0 Å². The van der Waals surface area contributed by atoms with Gasteiger partial charge in [0, 0.05) is 13.1 Å². The molecular weight excluding hydrogens is 254 g/mol. The molecule has 0 aromatic rings. The molecule has 1 unspecified atom stereocenters. The number of amides is 2. The van der Waals surface area contributed by atoms with Crippen molar-refractivity contribution in [3.63, 3.8) is 0 Å². The normalized spacial score (nSPS) is 26.6. The van der Waals surface area contributed by atoms with E-state index in [1.54, 1.807) is 0 Å².